The number of halogens is 2. The second kappa shape index (κ2) is 7.07. The Bertz CT molecular complexity index is 912. The molecule has 0 saturated carbocycles. The lowest BCUT2D eigenvalue weighted by Crippen LogP contribution is -2.41. The van der Waals surface area contributed by atoms with Crippen molar-refractivity contribution >= 4 is 35.0 Å². The van der Waals surface area contributed by atoms with E-state index in [1.807, 2.05) is 50.2 Å². The van der Waals surface area contributed by atoms with E-state index < -0.39 is 16.7 Å². The highest BCUT2D eigenvalue weighted by molar-refractivity contribution is 6.47. The third kappa shape index (κ3) is 2.89. The summed E-state index contributed by atoms with van der Waals surface area (Å²) in [4.78, 5) is 24.6. The average Bonchev–Trinajstić information content (AvgIpc) is 2.85. The normalized spacial score (nSPS) is 19.0. The summed E-state index contributed by atoms with van der Waals surface area (Å²) in [7, 11) is 0. The van der Waals surface area contributed by atoms with E-state index in [1.54, 1.807) is 0 Å². The zero-order chi connectivity index (χ0) is 20.1. The topological polar surface area (TPSA) is 49.9 Å². The van der Waals surface area contributed by atoms with E-state index >= 15 is 0 Å². The van der Waals surface area contributed by atoms with Crippen LogP contribution in [0.5, 0.6) is 0 Å². The maximum absolute atomic E-state index is 13.2. The van der Waals surface area contributed by atoms with Gasteiger partial charge in [0, 0.05) is 5.02 Å². The Morgan fingerprint density at radius 3 is 1.89 bits per heavy atom. The van der Waals surface area contributed by atoms with Crippen molar-refractivity contribution in [2.24, 2.45) is 0 Å². The zero-order valence-electron chi connectivity index (χ0n) is 15.7. The summed E-state index contributed by atoms with van der Waals surface area (Å²) in [6, 6.07) is 11.5. The van der Waals surface area contributed by atoms with Gasteiger partial charge in [-0.2, -0.15) is 0 Å². The molecule has 0 radical (unpaired) electrons. The quantitative estimate of drug-likeness (QED) is 0.552. The number of nitrogens with zero attached hydrogens (tertiary/aromatic N) is 2. The van der Waals surface area contributed by atoms with Gasteiger partial charge in [-0.1, -0.05) is 47.5 Å². The van der Waals surface area contributed by atoms with Crippen molar-refractivity contribution in [3.63, 3.8) is 0 Å². The monoisotopic (exact) mass is 418 g/mol. The largest absolute Gasteiger partial charge is 0.378 e. The highest BCUT2D eigenvalue weighted by Crippen LogP contribution is 2.43. The van der Waals surface area contributed by atoms with Crippen LogP contribution < -0.4 is 0 Å². The van der Waals surface area contributed by atoms with Gasteiger partial charge in [0.2, 0.25) is 4.87 Å². The second-order valence-corrected chi connectivity index (χ2v) is 8.12. The first-order chi connectivity index (χ1) is 13.3. The summed E-state index contributed by atoms with van der Waals surface area (Å²) < 4.78 is 5.38. The number of benzene rings is 2. The summed E-state index contributed by atoms with van der Waals surface area (Å²) in [5.74, 6) is -0.815. The number of carbonyl (C=O) groups excluding carboxylic acids is 2. The molecule has 2 saturated heterocycles. The number of fused-ring (bicyclic) bond motifs is 1. The van der Waals surface area contributed by atoms with Crippen molar-refractivity contribution in [3.05, 3.63) is 58.1 Å². The Labute approximate surface area is 173 Å². The Morgan fingerprint density at radius 1 is 0.893 bits per heavy atom. The first-order valence-electron chi connectivity index (χ1n) is 9.12. The smallest absolute Gasteiger partial charge is 0.276 e. The summed E-state index contributed by atoms with van der Waals surface area (Å²) in [5.41, 5.74) is 4.16. The molecule has 0 spiro atoms. The number of amides is 2. The number of aryl methyl sites for hydroxylation is 2. The molecule has 5 nitrogen and oxygen atoms in total. The maximum atomic E-state index is 13.2. The van der Waals surface area contributed by atoms with Crippen molar-refractivity contribution in [1.29, 1.82) is 0 Å². The van der Waals surface area contributed by atoms with Crippen LogP contribution in [0.3, 0.4) is 0 Å². The van der Waals surface area contributed by atoms with E-state index in [0.29, 0.717) is 36.9 Å². The lowest BCUT2D eigenvalue weighted by atomic mass is 9.86. The van der Waals surface area contributed by atoms with Crippen molar-refractivity contribution in [3.8, 4) is 11.1 Å². The molecule has 0 unspecified atom stereocenters. The SMILES string of the molecule is Cc1cc(-c2ccc(Cl)cc2)cc(C)c1C1(Cl)C(=O)N2CCOCCN2C1=O. The van der Waals surface area contributed by atoms with Crippen molar-refractivity contribution in [2.45, 2.75) is 18.7 Å². The van der Waals surface area contributed by atoms with Crippen LogP contribution in [-0.4, -0.2) is 48.1 Å². The van der Waals surface area contributed by atoms with Gasteiger partial charge < -0.3 is 4.74 Å². The van der Waals surface area contributed by atoms with Crippen molar-refractivity contribution < 1.29 is 14.3 Å². The van der Waals surface area contributed by atoms with Gasteiger partial charge in [-0.3, -0.25) is 9.59 Å². The molecule has 7 heteroatoms. The molecule has 146 valence electrons. The highest BCUT2D eigenvalue weighted by Gasteiger charge is 2.59. The number of ether oxygens (including phenoxy) is 1. The van der Waals surface area contributed by atoms with E-state index in [-0.39, 0.29) is 0 Å². The van der Waals surface area contributed by atoms with E-state index in [9.17, 15) is 9.59 Å². The minimum Gasteiger partial charge on any atom is -0.378 e. The lowest BCUT2D eigenvalue weighted by Gasteiger charge is -2.23. The Kier molecular flexibility index (Phi) is 4.86. The molecule has 0 aliphatic carbocycles. The van der Waals surface area contributed by atoms with E-state index in [0.717, 1.165) is 22.3 Å². The zero-order valence-corrected chi connectivity index (χ0v) is 17.2. The minimum absolute atomic E-state index is 0.319. The maximum Gasteiger partial charge on any atom is 0.276 e. The molecule has 0 N–H and O–H groups in total. The average molecular weight is 419 g/mol. The molecule has 2 fully saturated rings. The van der Waals surface area contributed by atoms with Crippen LogP contribution in [0.2, 0.25) is 5.02 Å². The molecular weight excluding hydrogens is 399 g/mol. The molecule has 2 aromatic rings. The molecule has 2 aliphatic rings. The number of hydrazine groups is 1. The minimum atomic E-state index is -1.73. The van der Waals surface area contributed by atoms with Gasteiger partial charge in [0.05, 0.1) is 26.3 Å². The van der Waals surface area contributed by atoms with Gasteiger partial charge in [-0.15, -0.1) is 0 Å². The summed E-state index contributed by atoms with van der Waals surface area (Å²) >= 11 is 12.8. The Morgan fingerprint density at radius 2 is 1.39 bits per heavy atom. The molecular formula is C21H20Cl2N2O3. The fourth-order valence-electron chi connectivity index (χ4n) is 4.04. The first-order valence-corrected chi connectivity index (χ1v) is 9.88. The van der Waals surface area contributed by atoms with Gasteiger partial charge in [0.15, 0.2) is 0 Å². The van der Waals surface area contributed by atoms with E-state index in [4.69, 9.17) is 27.9 Å². The molecule has 0 atom stereocenters. The van der Waals surface area contributed by atoms with Crippen LogP contribution in [0, 0.1) is 13.8 Å². The molecule has 0 aromatic heterocycles. The number of carbonyl (C=O) groups is 2. The third-order valence-corrected chi connectivity index (χ3v) is 6.06. The molecule has 2 aliphatic heterocycles. The van der Waals surface area contributed by atoms with Crippen molar-refractivity contribution in [1.82, 2.24) is 10.0 Å². The number of hydrogen-bond acceptors (Lipinski definition) is 3. The standard InChI is InChI=1S/C21H20Cl2N2O3/c1-13-11-16(15-3-5-17(22)6-4-15)12-14(2)18(13)21(23)19(26)24-7-9-28-10-8-25(24)20(21)27/h3-6,11-12H,7-10H2,1-2H3. The fraction of sp³-hybridized carbons (Fsp3) is 0.333. The fourth-order valence-corrected chi connectivity index (χ4v) is 4.66. The van der Waals surface area contributed by atoms with E-state index in [1.165, 1.54) is 10.0 Å². The predicted molar refractivity (Wildman–Crippen MR) is 108 cm³/mol. The molecule has 2 heterocycles. The van der Waals surface area contributed by atoms with Gasteiger partial charge in [0.25, 0.3) is 11.8 Å². The Hall–Kier alpha value is -2.08. The van der Waals surface area contributed by atoms with Gasteiger partial charge in [-0.25, -0.2) is 10.0 Å². The predicted octanol–water partition coefficient (Wildman–Crippen LogP) is 3.67. The van der Waals surface area contributed by atoms with Gasteiger partial charge in [0.1, 0.15) is 0 Å². The summed E-state index contributed by atoms with van der Waals surface area (Å²) in [5, 5.41) is 3.52. The second-order valence-electron chi connectivity index (χ2n) is 7.12. The van der Waals surface area contributed by atoms with Crippen LogP contribution >= 0.6 is 23.2 Å². The van der Waals surface area contributed by atoms with Crippen LogP contribution in [-0.2, 0) is 19.2 Å². The third-order valence-electron chi connectivity index (χ3n) is 5.30. The van der Waals surface area contributed by atoms with Crippen LogP contribution in [0.15, 0.2) is 36.4 Å². The lowest BCUT2D eigenvalue weighted by molar-refractivity contribution is -0.145. The van der Waals surface area contributed by atoms with Crippen molar-refractivity contribution in [2.75, 3.05) is 26.3 Å². The first kappa shape index (κ1) is 19.2. The highest BCUT2D eigenvalue weighted by atomic mass is 35.5. The number of alkyl halides is 1. The van der Waals surface area contributed by atoms with E-state index in [2.05, 4.69) is 0 Å². The summed E-state index contributed by atoms with van der Waals surface area (Å²) in [6.07, 6.45) is 0. The molecule has 0 bridgehead atoms. The van der Waals surface area contributed by atoms with Crippen LogP contribution in [0.25, 0.3) is 11.1 Å². The van der Waals surface area contributed by atoms with Crippen LogP contribution in [0.1, 0.15) is 16.7 Å². The molecule has 4 rings (SSSR count). The van der Waals surface area contributed by atoms with Gasteiger partial charge >= 0.3 is 0 Å². The number of hydrogen-bond donors (Lipinski definition) is 0. The van der Waals surface area contributed by atoms with Gasteiger partial charge in [-0.05, 0) is 53.8 Å². The number of rotatable bonds is 2. The summed E-state index contributed by atoms with van der Waals surface area (Å²) in [6.45, 7) is 5.18. The molecule has 2 amide bonds. The molecule has 28 heavy (non-hydrogen) atoms. The van der Waals surface area contributed by atoms with Crippen LogP contribution in [0.4, 0.5) is 0 Å². The molecule has 2 aromatic carbocycles. The Balaban J connectivity index is 1.79.